The Kier molecular flexibility index (Phi) is 6.65. The molecule has 3 aromatic heterocycles. The van der Waals surface area contributed by atoms with Crippen molar-refractivity contribution in [3.05, 3.63) is 48.5 Å². The maximum atomic E-state index is 13.3. The van der Waals surface area contributed by atoms with Gasteiger partial charge in [0.2, 0.25) is 5.91 Å². The molecule has 1 aliphatic heterocycles. The molecule has 11 nitrogen and oxygen atoms in total. The Morgan fingerprint density at radius 1 is 1.32 bits per heavy atom. The minimum Gasteiger partial charge on any atom is -0.434 e. The van der Waals surface area contributed by atoms with Crippen LogP contribution < -0.4 is 15.4 Å². The third-order valence-corrected chi connectivity index (χ3v) is 6.61. The number of carbonyl (C=O) groups is 2. The fourth-order valence-corrected chi connectivity index (χ4v) is 4.70. The maximum absolute atomic E-state index is 13.3. The van der Waals surface area contributed by atoms with Gasteiger partial charge in [-0.05, 0) is 12.1 Å². The molecule has 0 saturated heterocycles. The Balaban J connectivity index is 1.59. The lowest BCUT2D eigenvalue weighted by molar-refractivity contribution is -0.129. The van der Waals surface area contributed by atoms with Gasteiger partial charge in [0, 0.05) is 61.5 Å². The molecule has 1 aliphatic rings. The Bertz CT molecular complexity index is 1490. The van der Waals surface area contributed by atoms with E-state index < -0.39 is 12.5 Å². The number of nitrogens with one attached hydrogen (secondary N) is 2. The van der Waals surface area contributed by atoms with Crippen molar-refractivity contribution in [3.63, 3.8) is 0 Å². The third kappa shape index (κ3) is 5.05. The highest BCUT2D eigenvalue weighted by molar-refractivity contribution is 7.99. The summed E-state index contributed by atoms with van der Waals surface area (Å²) in [5, 5.41) is 14.6. The minimum absolute atomic E-state index is 0.110. The van der Waals surface area contributed by atoms with E-state index in [0.717, 1.165) is 10.6 Å². The number of fused-ring (bicyclic) bond motifs is 2. The molecule has 0 unspecified atom stereocenters. The molecule has 0 aliphatic carbocycles. The molecule has 5 rings (SSSR count). The van der Waals surface area contributed by atoms with E-state index in [0.29, 0.717) is 17.9 Å². The number of nitrogens with zero attached hydrogens (tertiary/aromatic N) is 6. The summed E-state index contributed by atoms with van der Waals surface area (Å²) in [5.74, 6) is -0.0913. The van der Waals surface area contributed by atoms with Gasteiger partial charge >= 0.3 is 6.61 Å². The van der Waals surface area contributed by atoms with Crippen molar-refractivity contribution in [1.82, 2.24) is 29.3 Å². The zero-order chi connectivity index (χ0) is 26.1. The molecule has 14 heteroatoms. The molecule has 0 atom stereocenters. The zero-order valence-electron chi connectivity index (χ0n) is 19.8. The predicted molar refractivity (Wildman–Crippen MR) is 133 cm³/mol. The van der Waals surface area contributed by atoms with E-state index in [1.165, 1.54) is 38.8 Å². The molecule has 0 spiro atoms. The van der Waals surface area contributed by atoms with Crippen LogP contribution in [0.3, 0.4) is 0 Å². The quantitative estimate of drug-likeness (QED) is 0.376. The molecular weight excluding hydrogens is 506 g/mol. The van der Waals surface area contributed by atoms with Crippen LogP contribution in [0.5, 0.6) is 5.75 Å². The standard InChI is InChI=1S/C23H22F2N8O3S/c1-31(2)19(34)12-32-11-16(29-22(35)14-10-28-33-6-3-4-27-21(14)33)20(30-32)13-8-18-15(26-5-7-37-18)9-17(13)36-23(24)25/h3-4,6,8-11,23,26H,5,7,12H2,1-2H3,(H,29,35). The molecule has 0 bridgehead atoms. The van der Waals surface area contributed by atoms with Crippen LogP contribution in [0.1, 0.15) is 10.4 Å². The molecule has 0 saturated carbocycles. The SMILES string of the molecule is CN(C)C(=O)Cn1cc(NC(=O)c2cnn3cccnc23)c(-c2cc3c(cc2OC(F)F)NCCS3)n1. The number of benzene rings is 1. The van der Waals surface area contributed by atoms with Crippen molar-refractivity contribution < 1.29 is 23.1 Å². The van der Waals surface area contributed by atoms with Crippen LogP contribution in [0.15, 0.2) is 47.9 Å². The summed E-state index contributed by atoms with van der Waals surface area (Å²) in [6.07, 6.45) is 6.05. The predicted octanol–water partition coefficient (Wildman–Crippen LogP) is 3.05. The van der Waals surface area contributed by atoms with Crippen LogP contribution in [0.2, 0.25) is 0 Å². The summed E-state index contributed by atoms with van der Waals surface area (Å²) < 4.78 is 34.3. The van der Waals surface area contributed by atoms with Crippen molar-refractivity contribution in [2.24, 2.45) is 0 Å². The summed E-state index contributed by atoms with van der Waals surface area (Å²) in [7, 11) is 3.21. The summed E-state index contributed by atoms with van der Waals surface area (Å²) in [4.78, 5) is 32.0. The van der Waals surface area contributed by atoms with Gasteiger partial charge in [0.15, 0.2) is 5.65 Å². The second-order valence-corrected chi connectivity index (χ2v) is 9.41. The summed E-state index contributed by atoms with van der Waals surface area (Å²) in [5.41, 5.74) is 1.85. The minimum atomic E-state index is -3.08. The number of halogens is 2. The monoisotopic (exact) mass is 528 g/mol. The number of ether oxygens (including phenoxy) is 1. The largest absolute Gasteiger partial charge is 0.434 e. The molecule has 192 valence electrons. The van der Waals surface area contributed by atoms with Gasteiger partial charge in [-0.1, -0.05) is 0 Å². The van der Waals surface area contributed by atoms with E-state index in [-0.39, 0.29) is 40.7 Å². The summed E-state index contributed by atoms with van der Waals surface area (Å²) in [6, 6.07) is 4.86. The number of rotatable bonds is 7. The summed E-state index contributed by atoms with van der Waals surface area (Å²) in [6.45, 7) is -2.52. The van der Waals surface area contributed by atoms with Crippen LogP contribution in [-0.4, -0.2) is 74.1 Å². The topological polar surface area (TPSA) is 119 Å². The van der Waals surface area contributed by atoms with Gasteiger partial charge in [-0.25, -0.2) is 9.50 Å². The fourth-order valence-electron chi connectivity index (χ4n) is 3.79. The summed E-state index contributed by atoms with van der Waals surface area (Å²) >= 11 is 1.56. The molecule has 1 aromatic carbocycles. The number of hydrogen-bond donors (Lipinski definition) is 2. The Morgan fingerprint density at radius 3 is 2.95 bits per heavy atom. The second-order valence-electron chi connectivity index (χ2n) is 8.28. The van der Waals surface area contributed by atoms with Crippen LogP contribution in [0, 0.1) is 0 Å². The molecular formula is C23H22F2N8O3S. The number of thioether (sulfide) groups is 1. The lowest BCUT2D eigenvalue weighted by Crippen LogP contribution is -2.26. The fraction of sp³-hybridized carbons (Fsp3) is 0.261. The number of amides is 2. The average molecular weight is 529 g/mol. The first-order valence-corrected chi connectivity index (χ1v) is 12.2. The highest BCUT2D eigenvalue weighted by atomic mass is 32.2. The second kappa shape index (κ2) is 10.0. The van der Waals surface area contributed by atoms with Gasteiger partial charge in [0.1, 0.15) is 23.6 Å². The first kappa shape index (κ1) is 24.5. The molecule has 2 amide bonds. The van der Waals surface area contributed by atoms with Crippen molar-refractivity contribution in [3.8, 4) is 17.0 Å². The smallest absolute Gasteiger partial charge is 0.387 e. The van der Waals surface area contributed by atoms with Gasteiger partial charge in [-0.2, -0.15) is 19.0 Å². The number of likely N-dealkylation sites (N-methyl/N-ethyl adjacent to an activating group) is 1. The number of anilines is 2. The Morgan fingerprint density at radius 2 is 2.16 bits per heavy atom. The van der Waals surface area contributed by atoms with Gasteiger partial charge < -0.3 is 20.3 Å². The van der Waals surface area contributed by atoms with Crippen molar-refractivity contribution in [1.29, 1.82) is 0 Å². The molecule has 37 heavy (non-hydrogen) atoms. The third-order valence-electron chi connectivity index (χ3n) is 5.56. The molecule has 4 aromatic rings. The Hall–Kier alpha value is -4.20. The maximum Gasteiger partial charge on any atom is 0.387 e. The van der Waals surface area contributed by atoms with E-state index in [9.17, 15) is 18.4 Å². The van der Waals surface area contributed by atoms with E-state index in [1.54, 1.807) is 44.2 Å². The average Bonchev–Trinajstić information content (AvgIpc) is 3.47. The van der Waals surface area contributed by atoms with Gasteiger partial charge in [0.25, 0.3) is 5.91 Å². The van der Waals surface area contributed by atoms with Gasteiger partial charge in [-0.3, -0.25) is 14.3 Å². The van der Waals surface area contributed by atoms with Gasteiger partial charge in [-0.15, -0.1) is 11.8 Å². The van der Waals surface area contributed by atoms with Crippen LogP contribution in [0.4, 0.5) is 20.2 Å². The number of carbonyl (C=O) groups excluding carboxylic acids is 2. The van der Waals surface area contributed by atoms with Crippen molar-refractivity contribution in [2.45, 2.75) is 18.1 Å². The van der Waals surface area contributed by atoms with E-state index >= 15 is 0 Å². The first-order valence-electron chi connectivity index (χ1n) is 11.2. The lowest BCUT2D eigenvalue weighted by atomic mass is 10.1. The first-order chi connectivity index (χ1) is 17.8. The van der Waals surface area contributed by atoms with E-state index in [1.807, 2.05) is 0 Å². The van der Waals surface area contributed by atoms with Crippen LogP contribution in [0.25, 0.3) is 16.9 Å². The molecule has 2 N–H and O–H groups in total. The van der Waals surface area contributed by atoms with Crippen LogP contribution >= 0.6 is 11.8 Å². The van der Waals surface area contributed by atoms with Crippen molar-refractivity contribution in [2.75, 3.05) is 37.0 Å². The molecule has 0 fully saturated rings. The molecule has 0 radical (unpaired) electrons. The zero-order valence-corrected chi connectivity index (χ0v) is 20.6. The number of hydrogen-bond acceptors (Lipinski definition) is 8. The highest BCUT2D eigenvalue weighted by Crippen LogP contribution is 2.43. The van der Waals surface area contributed by atoms with E-state index in [2.05, 4.69) is 25.8 Å². The lowest BCUT2D eigenvalue weighted by Gasteiger charge is -2.20. The number of aromatic nitrogens is 5. The van der Waals surface area contributed by atoms with Crippen LogP contribution in [-0.2, 0) is 11.3 Å². The van der Waals surface area contributed by atoms with Gasteiger partial charge in [0.05, 0.1) is 17.6 Å². The highest BCUT2D eigenvalue weighted by Gasteiger charge is 2.25. The number of alkyl halides is 2. The van der Waals surface area contributed by atoms with Crippen molar-refractivity contribution >= 4 is 40.6 Å². The normalized spacial score (nSPS) is 12.8. The van der Waals surface area contributed by atoms with E-state index in [4.69, 9.17) is 4.74 Å². The Labute approximate surface area is 213 Å². The molecule has 4 heterocycles.